The third-order valence-corrected chi connectivity index (χ3v) is 3.94. The lowest BCUT2D eigenvalue weighted by Gasteiger charge is -2.12. The number of benzene rings is 3. The summed E-state index contributed by atoms with van der Waals surface area (Å²) in [4.78, 5) is 25.0. The number of nitrogens with one attached hydrogen (secondary N) is 2. The van der Waals surface area contributed by atoms with Crippen LogP contribution in [0, 0.1) is 11.6 Å². The lowest BCUT2D eigenvalue weighted by atomic mass is 10.1. The molecule has 0 heterocycles. The molecule has 2 amide bonds. The summed E-state index contributed by atoms with van der Waals surface area (Å²) >= 11 is 0. The average Bonchev–Trinajstić information content (AvgIpc) is 2.68. The van der Waals surface area contributed by atoms with Gasteiger partial charge in [-0.25, -0.2) is 8.78 Å². The first-order valence-corrected chi connectivity index (χ1v) is 8.29. The van der Waals surface area contributed by atoms with E-state index in [1.807, 2.05) is 0 Å². The number of hydrogen-bond acceptors (Lipinski definition) is 3. The van der Waals surface area contributed by atoms with E-state index in [-0.39, 0.29) is 11.3 Å². The van der Waals surface area contributed by atoms with Gasteiger partial charge in [0, 0.05) is 11.8 Å². The highest BCUT2D eigenvalue weighted by Crippen LogP contribution is 2.22. The predicted octanol–water partition coefficient (Wildman–Crippen LogP) is 4.48. The van der Waals surface area contributed by atoms with Crippen LogP contribution in [0.5, 0.6) is 5.75 Å². The molecule has 0 bridgehead atoms. The van der Waals surface area contributed by atoms with Crippen LogP contribution < -0.4 is 15.4 Å². The summed E-state index contributed by atoms with van der Waals surface area (Å²) in [7, 11) is 1.51. The summed E-state index contributed by atoms with van der Waals surface area (Å²) in [5, 5.41) is 5.08. The van der Waals surface area contributed by atoms with E-state index in [1.165, 1.54) is 19.2 Å². The molecule has 3 rings (SSSR count). The second-order valence-electron chi connectivity index (χ2n) is 5.78. The van der Waals surface area contributed by atoms with Crippen LogP contribution in [0.2, 0.25) is 0 Å². The second-order valence-corrected chi connectivity index (χ2v) is 5.78. The van der Waals surface area contributed by atoms with Crippen molar-refractivity contribution < 1.29 is 23.1 Å². The molecular formula is C21H16F2N2O3. The number of para-hydroxylation sites is 1. The zero-order chi connectivity index (χ0) is 20.1. The Kier molecular flexibility index (Phi) is 5.64. The smallest absolute Gasteiger partial charge is 0.261 e. The molecule has 7 heteroatoms. The first-order chi connectivity index (χ1) is 13.5. The minimum Gasteiger partial charge on any atom is -0.497 e. The molecule has 0 saturated carbocycles. The molecule has 2 N–H and O–H groups in total. The Morgan fingerprint density at radius 2 is 1.50 bits per heavy atom. The number of carbonyl (C=O) groups is 2. The van der Waals surface area contributed by atoms with Crippen LogP contribution in [-0.4, -0.2) is 18.9 Å². The minimum atomic E-state index is -0.990. The largest absolute Gasteiger partial charge is 0.497 e. The third-order valence-electron chi connectivity index (χ3n) is 3.94. The summed E-state index contributed by atoms with van der Waals surface area (Å²) in [5.74, 6) is -2.91. The molecule has 0 aliphatic rings. The number of anilines is 2. The SMILES string of the molecule is COc1cccc(NC(=O)c2ccccc2NC(=O)c2c(F)cccc2F)c1. The van der Waals surface area contributed by atoms with Crippen LogP contribution in [0.15, 0.2) is 66.7 Å². The Morgan fingerprint density at radius 1 is 0.821 bits per heavy atom. The van der Waals surface area contributed by atoms with Crippen molar-refractivity contribution in [2.24, 2.45) is 0 Å². The number of carbonyl (C=O) groups excluding carboxylic acids is 2. The monoisotopic (exact) mass is 382 g/mol. The lowest BCUT2D eigenvalue weighted by molar-refractivity contribution is 0.101. The van der Waals surface area contributed by atoms with E-state index in [0.29, 0.717) is 11.4 Å². The topological polar surface area (TPSA) is 67.4 Å². The van der Waals surface area contributed by atoms with E-state index < -0.39 is 29.0 Å². The Balaban J connectivity index is 1.84. The summed E-state index contributed by atoms with van der Waals surface area (Å²) in [6.45, 7) is 0. The first kappa shape index (κ1) is 19.0. The lowest BCUT2D eigenvalue weighted by Crippen LogP contribution is -2.20. The second kappa shape index (κ2) is 8.30. The molecule has 28 heavy (non-hydrogen) atoms. The molecular weight excluding hydrogens is 366 g/mol. The van der Waals surface area contributed by atoms with Crippen LogP contribution in [0.25, 0.3) is 0 Å². The molecule has 0 aromatic heterocycles. The fourth-order valence-electron chi connectivity index (χ4n) is 2.59. The van der Waals surface area contributed by atoms with E-state index in [9.17, 15) is 18.4 Å². The average molecular weight is 382 g/mol. The van der Waals surface area contributed by atoms with Gasteiger partial charge in [-0.1, -0.05) is 24.3 Å². The van der Waals surface area contributed by atoms with Gasteiger partial charge in [0.15, 0.2) is 0 Å². The van der Waals surface area contributed by atoms with E-state index in [4.69, 9.17) is 4.74 Å². The molecule has 3 aromatic carbocycles. The maximum Gasteiger partial charge on any atom is 0.261 e. The third kappa shape index (κ3) is 4.15. The molecule has 0 aliphatic heterocycles. The van der Waals surface area contributed by atoms with E-state index in [2.05, 4.69) is 10.6 Å². The molecule has 5 nitrogen and oxygen atoms in total. The highest BCUT2D eigenvalue weighted by molar-refractivity contribution is 6.12. The van der Waals surface area contributed by atoms with Gasteiger partial charge >= 0.3 is 0 Å². The molecule has 0 fully saturated rings. The number of amides is 2. The van der Waals surface area contributed by atoms with Crippen molar-refractivity contribution in [3.63, 3.8) is 0 Å². The van der Waals surface area contributed by atoms with Gasteiger partial charge in [-0.2, -0.15) is 0 Å². The number of methoxy groups -OCH3 is 1. The molecule has 0 saturated heterocycles. The van der Waals surface area contributed by atoms with Gasteiger partial charge in [-0.05, 0) is 36.4 Å². The van der Waals surface area contributed by atoms with Crippen LogP contribution >= 0.6 is 0 Å². The normalized spacial score (nSPS) is 10.2. The summed E-state index contributed by atoms with van der Waals surface area (Å²) < 4.78 is 32.8. The molecule has 0 radical (unpaired) electrons. The van der Waals surface area contributed by atoms with Crippen molar-refractivity contribution >= 4 is 23.2 Å². The van der Waals surface area contributed by atoms with Crippen molar-refractivity contribution in [3.05, 3.63) is 89.5 Å². The summed E-state index contributed by atoms with van der Waals surface area (Å²) in [6, 6.07) is 16.0. The van der Waals surface area contributed by atoms with Crippen LogP contribution in [-0.2, 0) is 0 Å². The standard InChI is InChI=1S/C21H16F2N2O3/c1-28-14-7-4-6-13(12-14)24-20(26)15-8-2-3-11-18(15)25-21(27)19-16(22)9-5-10-17(19)23/h2-12H,1H3,(H,24,26)(H,25,27). The van der Waals surface area contributed by atoms with Crippen molar-refractivity contribution in [1.29, 1.82) is 0 Å². The Morgan fingerprint density at radius 3 is 2.21 bits per heavy atom. The van der Waals surface area contributed by atoms with Crippen molar-refractivity contribution in [2.45, 2.75) is 0 Å². The zero-order valence-electron chi connectivity index (χ0n) is 14.8. The van der Waals surface area contributed by atoms with Crippen LogP contribution in [0.1, 0.15) is 20.7 Å². The Labute approximate surface area is 160 Å². The fraction of sp³-hybridized carbons (Fsp3) is 0.0476. The van der Waals surface area contributed by atoms with Crippen molar-refractivity contribution in [3.8, 4) is 5.75 Å². The molecule has 0 aliphatic carbocycles. The Bertz CT molecular complexity index is 1020. The van der Waals surface area contributed by atoms with Crippen molar-refractivity contribution in [1.82, 2.24) is 0 Å². The van der Waals surface area contributed by atoms with E-state index >= 15 is 0 Å². The number of halogens is 2. The molecule has 142 valence electrons. The summed E-state index contributed by atoms with van der Waals surface area (Å²) in [5.41, 5.74) is 0.0297. The van der Waals surface area contributed by atoms with Gasteiger partial charge in [-0.15, -0.1) is 0 Å². The van der Waals surface area contributed by atoms with E-state index in [0.717, 1.165) is 18.2 Å². The maximum absolute atomic E-state index is 13.8. The van der Waals surface area contributed by atoms with Gasteiger partial charge in [0.1, 0.15) is 22.9 Å². The van der Waals surface area contributed by atoms with Crippen LogP contribution in [0.3, 0.4) is 0 Å². The van der Waals surface area contributed by atoms with Gasteiger partial charge < -0.3 is 15.4 Å². The fourth-order valence-corrected chi connectivity index (χ4v) is 2.59. The zero-order valence-corrected chi connectivity index (χ0v) is 14.8. The van der Waals surface area contributed by atoms with Crippen LogP contribution in [0.4, 0.5) is 20.2 Å². The molecule has 0 spiro atoms. The summed E-state index contributed by atoms with van der Waals surface area (Å²) in [6.07, 6.45) is 0. The first-order valence-electron chi connectivity index (χ1n) is 8.29. The highest BCUT2D eigenvalue weighted by atomic mass is 19.1. The predicted molar refractivity (Wildman–Crippen MR) is 102 cm³/mol. The van der Waals surface area contributed by atoms with Gasteiger partial charge in [0.25, 0.3) is 11.8 Å². The highest BCUT2D eigenvalue weighted by Gasteiger charge is 2.19. The van der Waals surface area contributed by atoms with Gasteiger partial charge in [0.05, 0.1) is 18.4 Å². The molecule has 3 aromatic rings. The van der Waals surface area contributed by atoms with Gasteiger partial charge in [0.2, 0.25) is 0 Å². The number of ether oxygens (including phenoxy) is 1. The number of hydrogen-bond donors (Lipinski definition) is 2. The van der Waals surface area contributed by atoms with E-state index in [1.54, 1.807) is 36.4 Å². The maximum atomic E-state index is 13.8. The van der Waals surface area contributed by atoms with Gasteiger partial charge in [-0.3, -0.25) is 9.59 Å². The molecule has 0 atom stereocenters. The van der Waals surface area contributed by atoms with Crippen molar-refractivity contribution in [2.75, 3.05) is 17.7 Å². The minimum absolute atomic E-state index is 0.121. The molecule has 0 unspecified atom stereocenters. The number of rotatable bonds is 5. The Hall–Kier alpha value is -3.74. The quantitative estimate of drug-likeness (QED) is 0.684.